The Bertz CT molecular complexity index is 2930. The van der Waals surface area contributed by atoms with E-state index in [-0.39, 0.29) is 69.1 Å². The van der Waals surface area contributed by atoms with Crippen LogP contribution in [-0.4, -0.2) is 169 Å². The number of H-pyrrole nitrogens is 2. The number of carboxylic acid groups (broad SMARTS) is 1. The number of carbonyl (C=O) groups excluding carboxylic acids is 10. The van der Waals surface area contributed by atoms with Crippen molar-refractivity contribution in [2.45, 2.75) is 126 Å². The first kappa shape index (κ1) is 62.7. The molecule has 0 bridgehead atoms. The highest BCUT2D eigenvalue weighted by atomic mass is 33.1. The lowest BCUT2D eigenvalue weighted by molar-refractivity contribution is -0.139. The molecule has 27 nitrogen and oxygen atoms in total. The standard InChI is InChI=1S/C53H69N15O12S2/c1-3-4-16-42(68-43(70)25-59-53(68)80)51(79)67-41-27-82-81-26-40(29(2)69)66-48(76)38(21-31-23-58-34-14-9-8-13-33(31)34)64-45(73)35(15-10-19-57-52(54)55)61-47(75)37(20-30-11-6-5-7-12-30)63-49(77)39(22-32-24-56-28-60-32)65-46(74)36(62-50(41)78)17-18-44(71)72/h5-9,11-14,23-24,28,35-42,58H,3-4,10,15-22,25-27H2,1-2H3,(H,56,60)(H,59,80)(H,61,75)(H,62,78)(H,63,77)(H,64,73)(H,65,74)(H,66,76)(H,67,79)(H,71,72)(H4,54,55,57)/t35-,36-,37+,38-,39-,40-,41-,42-/m0/s1. The van der Waals surface area contributed by atoms with E-state index in [0.29, 0.717) is 29.7 Å². The number of guanidine groups is 1. The molecule has 15 N–H and O–H groups in total. The molecule has 2 aliphatic heterocycles. The van der Waals surface area contributed by atoms with Crippen molar-refractivity contribution in [1.29, 1.82) is 5.41 Å². The summed E-state index contributed by atoms with van der Waals surface area (Å²) in [6.45, 7) is 2.81. The summed E-state index contributed by atoms with van der Waals surface area (Å²) in [5.41, 5.74) is 7.80. The number of fused-ring (bicyclic) bond motifs is 1. The van der Waals surface area contributed by atoms with Crippen LogP contribution in [0.15, 0.2) is 73.3 Å². The molecular weight excluding hydrogens is 1100 g/mol. The van der Waals surface area contributed by atoms with Crippen LogP contribution in [0.25, 0.3) is 10.9 Å². The highest BCUT2D eigenvalue weighted by molar-refractivity contribution is 8.76. The lowest BCUT2D eigenvalue weighted by Gasteiger charge is -2.28. The van der Waals surface area contributed by atoms with Crippen LogP contribution in [0.5, 0.6) is 0 Å². The van der Waals surface area contributed by atoms with Crippen molar-refractivity contribution in [3.05, 3.63) is 90.1 Å². The molecule has 29 heteroatoms. The van der Waals surface area contributed by atoms with Gasteiger partial charge in [0.2, 0.25) is 41.4 Å². The van der Waals surface area contributed by atoms with Gasteiger partial charge in [-0.1, -0.05) is 89.9 Å². The fourth-order valence-electron chi connectivity index (χ4n) is 9.05. The number of aromatic nitrogens is 3. The average Bonchev–Trinajstić information content (AvgIpc) is 4.26. The number of para-hydroxylation sites is 1. The van der Waals surface area contributed by atoms with Gasteiger partial charge < -0.3 is 68.7 Å². The molecule has 0 saturated carbocycles. The zero-order valence-corrected chi connectivity index (χ0v) is 46.8. The number of benzene rings is 2. The lowest BCUT2D eigenvalue weighted by Crippen LogP contribution is -2.61. The number of imidazole rings is 1. The van der Waals surface area contributed by atoms with Crippen LogP contribution in [0.2, 0.25) is 0 Å². The molecule has 4 aromatic rings. The Balaban J connectivity index is 1.42. The quantitative estimate of drug-likeness (QED) is 0.0175. The summed E-state index contributed by atoms with van der Waals surface area (Å²) in [5, 5.41) is 42.0. The molecule has 2 aliphatic rings. The molecular formula is C53H69N15O12S2. The van der Waals surface area contributed by atoms with Gasteiger partial charge in [-0.3, -0.25) is 58.3 Å². The zero-order valence-electron chi connectivity index (χ0n) is 45.2. The Morgan fingerprint density at radius 3 is 2.00 bits per heavy atom. The number of carboxylic acids is 1. The lowest BCUT2D eigenvalue weighted by atomic mass is 10.0. The van der Waals surface area contributed by atoms with Crippen LogP contribution in [0.4, 0.5) is 4.79 Å². The largest absolute Gasteiger partial charge is 0.481 e. The molecule has 10 amide bonds. The Morgan fingerprint density at radius 1 is 0.756 bits per heavy atom. The minimum Gasteiger partial charge on any atom is -0.481 e. The number of aliphatic carboxylic acids is 1. The number of aromatic amines is 2. The normalized spacial score (nSPS) is 22.3. The van der Waals surface area contributed by atoms with Crippen LogP contribution >= 0.6 is 21.6 Å². The van der Waals surface area contributed by atoms with E-state index in [2.05, 4.69) is 62.8 Å². The fourth-order valence-corrected chi connectivity index (χ4v) is 11.5. The van der Waals surface area contributed by atoms with Gasteiger partial charge in [0.1, 0.15) is 42.3 Å². The summed E-state index contributed by atoms with van der Waals surface area (Å²) >= 11 is 0. The van der Waals surface area contributed by atoms with Gasteiger partial charge in [0.25, 0.3) is 5.91 Å². The highest BCUT2D eigenvalue weighted by Crippen LogP contribution is 2.25. The number of carbonyl (C=O) groups is 11. The Kier molecular flexibility index (Phi) is 23.7. The first-order chi connectivity index (χ1) is 39.3. The Labute approximate surface area is 479 Å². The van der Waals surface area contributed by atoms with E-state index >= 15 is 0 Å². The second-order valence-electron chi connectivity index (χ2n) is 19.6. The van der Waals surface area contributed by atoms with Gasteiger partial charge in [0.05, 0.1) is 18.9 Å². The first-order valence-corrected chi connectivity index (χ1v) is 29.1. The number of nitrogens with zero attached hydrogens (tertiary/aromatic N) is 2. The molecule has 0 spiro atoms. The van der Waals surface area contributed by atoms with Crippen molar-refractivity contribution in [3.8, 4) is 0 Å². The minimum absolute atomic E-state index is 0.0238. The third-order valence-corrected chi connectivity index (χ3v) is 15.9. The molecule has 6 rings (SSSR count). The van der Waals surface area contributed by atoms with Gasteiger partial charge >= 0.3 is 12.0 Å². The third-order valence-electron chi connectivity index (χ3n) is 13.5. The molecule has 8 atom stereocenters. The molecule has 2 fully saturated rings. The number of imide groups is 1. The number of nitrogens with one attached hydrogen (secondary N) is 12. The molecule has 2 saturated heterocycles. The topological polar surface area (TPSA) is 414 Å². The van der Waals surface area contributed by atoms with E-state index in [1.165, 1.54) is 19.4 Å². The summed E-state index contributed by atoms with van der Waals surface area (Å²) < 4.78 is 0. The number of rotatable bonds is 20. The van der Waals surface area contributed by atoms with Gasteiger partial charge in [-0.25, -0.2) is 9.78 Å². The van der Waals surface area contributed by atoms with Crippen LogP contribution in [0, 0.1) is 5.41 Å². The van der Waals surface area contributed by atoms with E-state index in [1.54, 1.807) is 42.6 Å². The number of amides is 10. The third kappa shape index (κ3) is 18.5. The predicted molar refractivity (Wildman–Crippen MR) is 303 cm³/mol. The maximum absolute atomic E-state index is 14.8. The van der Waals surface area contributed by atoms with Gasteiger partial charge in [-0.2, -0.15) is 0 Å². The zero-order chi connectivity index (χ0) is 59.3. The maximum atomic E-state index is 14.8. The summed E-state index contributed by atoms with van der Waals surface area (Å²) in [6, 6.07) is 3.38. The van der Waals surface area contributed by atoms with Gasteiger partial charge in [-0.15, -0.1) is 0 Å². The number of ketones is 1. The predicted octanol–water partition coefficient (Wildman–Crippen LogP) is -0.465. The van der Waals surface area contributed by atoms with Crippen LogP contribution in [0.3, 0.4) is 0 Å². The molecule has 2 aromatic carbocycles. The number of nitrogens with two attached hydrogens (primary N) is 1. The average molecular weight is 1170 g/mol. The monoisotopic (exact) mass is 1170 g/mol. The van der Waals surface area contributed by atoms with Gasteiger partial charge in [-0.05, 0) is 49.8 Å². The maximum Gasteiger partial charge on any atom is 0.325 e. The van der Waals surface area contributed by atoms with Crippen molar-refractivity contribution in [2.24, 2.45) is 5.73 Å². The smallest absolute Gasteiger partial charge is 0.325 e. The van der Waals surface area contributed by atoms with Crippen molar-refractivity contribution in [2.75, 3.05) is 24.6 Å². The molecule has 82 heavy (non-hydrogen) atoms. The van der Waals surface area contributed by atoms with Crippen LogP contribution < -0.4 is 53.6 Å². The number of urea groups is 1. The van der Waals surface area contributed by atoms with Gasteiger partial charge in [0, 0.05) is 72.7 Å². The van der Waals surface area contributed by atoms with E-state index in [0.717, 1.165) is 37.4 Å². The van der Waals surface area contributed by atoms with Crippen LogP contribution in [0.1, 0.15) is 75.6 Å². The summed E-state index contributed by atoms with van der Waals surface area (Å²) in [7, 11) is 1.98. The number of hydrogen-bond donors (Lipinski definition) is 14. The van der Waals surface area contributed by atoms with Crippen molar-refractivity contribution in [1.82, 2.24) is 67.7 Å². The van der Waals surface area contributed by atoms with E-state index in [4.69, 9.17) is 11.1 Å². The number of unbranched alkanes of at least 4 members (excludes halogenated alkanes) is 1. The number of hydrogen-bond acceptors (Lipinski definition) is 15. The highest BCUT2D eigenvalue weighted by Gasteiger charge is 2.41. The van der Waals surface area contributed by atoms with Crippen molar-refractivity contribution < 1.29 is 57.8 Å². The second kappa shape index (κ2) is 30.9. The molecule has 440 valence electrons. The molecule has 0 radical (unpaired) electrons. The Morgan fingerprint density at radius 2 is 1.37 bits per heavy atom. The SMILES string of the molecule is CCCC[C@@H](C(=O)N[C@H]1CSSC[C@@H](C(C)=O)NC(=O)[C@H](Cc2c[nH]c3ccccc23)NC(=O)[C@H](CCCNC(=N)N)NC(=O)[C@@H](Cc2ccccc2)NC(=O)[C@H](Cc2cnc[nH]2)NC(=O)[C@H](CCC(=O)O)NC1=O)N1C(=O)CNC1=O. The Hall–Kier alpha value is -8.47. The summed E-state index contributed by atoms with van der Waals surface area (Å²) in [6.07, 6.45) is 3.71. The molecule has 4 heterocycles. The molecule has 2 aromatic heterocycles. The molecule has 0 aliphatic carbocycles. The summed E-state index contributed by atoms with van der Waals surface area (Å²) in [5.74, 6) is -9.64. The first-order valence-electron chi connectivity index (χ1n) is 26.6. The van der Waals surface area contributed by atoms with E-state index < -0.39 is 126 Å². The van der Waals surface area contributed by atoms with Crippen LogP contribution in [-0.2, 0) is 67.2 Å². The van der Waals surface area contributed by atoms with E-state index in [9.17, 15) is 57.8 Å². The van der Waals surface area contributed by atoms with E-state index in [1.807, 2.05) is 25.1 Å². The molecule has 0 unspecified atom stereocenters. The van der Waals surface area contributed by atoms with Gasteiger partial charge in [0.15, 0.2) is 11.7 Å². The summed E-state index contributed by atoms with van der Waals surface area (Å²) in [4.78, 5) is 164. The fraction of sp³-hybridized carbons (Fsp3) is 0.453. The van der Waals surface area contributed by atoms with Crippen molar-refractivity contribution >= 4 is 103 Å². The van der Waals surface area contributed by atoms with Crippen molar-refractivity contribution in [3.63, 3.8) is 0 Å². The second-order valence-corrected chi connectivity index (χ2v) is 22.2. The minimum atomic E-state index is -1.68. The number of Topliss-reactive ketones (excluding diaryl/α,β-unsaturated/α-hetero) is 1.